The molecule has 0 spiro atoms. The van der Waals surface area contributed by atoms with E-state index in [1.807, 2.05) is 42.3 Å². The highest BCUT2D eigenvalue weighted by atomic mass is 32.1. The summed E-state index contributed by atoms with van der Waals surface area (Å²) in [6, 6.07) is 9.96. The number of nitrogens with one attached hydrogen (secondary N) is 2. The van der Waals surface area contributed by atoms with E-state index in [2.05, 4.69) is 28.3 Å². The topological polar surface area (TPSA) is 61.0 Å². The van der Waals surface area contributed by atoms with Crippen LogP contribution in [0.3, 0.4) is 0 Å². The molecule has 0 radical (unpaired) electrons. The smallest absolute Gasteiger partial charge is 0.253 e. The number of rotatable bonds is 4. The lowest BCUT2D eigenvalue weighted by Gasteiger charge is -2.24. The summed E-state index contributed by atoms with van der Waals surface area (Å²) in [6.07, 6.45) is 3.55. The van der Waals surface area contributed by atoms with E-state index < -0.39 is 0 Å². The third-order valence-electron chi connectivity index (χ3n) is 4.49. The van der Waals surface area contributed by atoms with Crippen molar-refractivity contribution >= 4 is 28.2 Å². The van der Waals surface area contributed by atoms with Crippen LogP contribution in [0.4, 0.5) is 0 Å². The zero-order chi connectivity index (χ0) is 18.7. The molecule has 134 valence electrons. The minimum atomic E-state index is -0.0872. The zero-order valence-corrected chi connectivity index (χ0v) is 16.0. The number of thiocarbonyl (C=S) groups is 1. The minimum absolute atomic E-state index is 0.0872. The molecule has 3 rings (SSSR count). The van der Waals surface area contributed by atoms with Gasteiger partial charge in [0.25, 0.3) is 5.56 Å². The average Bonchev–Trinajstić information content (AvgIpc) is 2.63. The van der Waals surface area contributed by atoms with Crippen LogP contribution in [-0.4, -0.2) is 27.0 Å². The van der Waals surface area contributed by atoms with Crippen molar-refractivity contribution in [3.8, 4) is 0 Å². The Bertz CT molecular complexity index is 998. The van der Waals surface area contributed by atoms with E-state index in [1.165, 1.54) is 5.56 Å². The third-order valence-corrected chi connectivity index (χ3v) is 4.96. The molecule has 0 atom stereocenters. The summed E-state index contributed by atoms with van der Waals surface area (Å²) >= 11 is 5.43. The lowest BCUT2D eigenvalue weighted by Crippen LogP contribution is -2.38. The number of aromatic nitrogens is 2. The van der Waals surface area contributed by atoms with Crippen molar-refractivity contribution in [2.24, 2.45) is 0 Å². The van der Waals surface area contributed by atoms with Gasteiger partial charge in [0.2, 0.25) is 0 Å². The van der Waals surface area contributed by atoms with E-state index in [0.29, 0.717) is 23.8 Å². The largest absolute Gasteiger partial charge is 0.366 e. The van der Waals surface area contributed by atoms with E-state index in [0.717, 1.165) is 22.0 Å². The summed E-state index contributed by atoms with van der Waals surface area (Å²) in [4.78, 5) is 21.7. The summed E-state index contributed by atoms with van der Waals surface area (Å²) < 4.78 is 0. The summed E-state index contributed by atoms with van der Waals surface area (Å²) in [5, 5.41) is 4.62. The number of aromatic amines is 1. The van der Waals surface area contributed by atoms with Crippen molar-refractivity contribution in [3.63, 3.8) is 0 Å². The van der Waals surface area contributed by atoms with E-state index in [9.17, 15) is 4.79 Å². The predicted molar refractivity (Wildman–Crippen MR) is 109 cm³/mol. The molecule has 1 aromatic carbocycles. The first-order chi connectivity index (χ1) is 12.5. The maximum Gasteiger partial charge on any atom is 0.253 e. The van der Waals surface area contributed by atoms with Gasteiger partial charge in [-0.15, -0.1) is 0 Å². The number of hydrogen-bond acceptors (Lipinski definition) is 3. The molecule has 0 amide bonds. The molecule has 2 N–H and O–H groups in total. The van der Waals surface area contributed by atoms with Crippen LogP contribution in [0.25, 0.3) is 10.9 Å². The Balaban J connectivity index is 1.95. The van der Waals surface area contributed by atoms with Crippen LogP contribution in [0.1, 0.15) is 22.3 Å². The Labute approximate surface area is 158 Å². The monoisotopic (exact) mass is 366 g/mol. The molecule has 2 heterocycles. The molecular formula is C20H22N4OS. The molecule has 5 nitrogen and oxygen atoms in total. The fourth-order valence-corrected chi connectivity index (χ4v) is 3.04. The Morgan fingerprint density at radius 2 is 2.00 bits per heavy atom. The first-order valence-electron chi connectivity index (χ1n) is 8.46. The zero-order valence-electron chi connectivity index (χ0n) is 15.2. The standard InChI is InChI=1S/C20H22N4OS/c1-13-7-16-9-17(19(25)23-18(16)8-14(13)2)12-24(20(26)21-3)11-15-5-4-6-22-10-15/h4-10H,11-12H2,1-3H3,(H,21,26)(H,23,25). The van der Waals surface area contributed by atoms with Gasteiger partial charge in [0.1, 0.15) is 0 Å². The van der Waals surface area contributed by atoms with Crippen LogP contribution in [0.15, 0.2) is 47.5 Å². The average molecular weight is 366 g/mol. The van der Waals surface area contributed by atoms with Gasteiger partial charge in [0, 0.05) is 37.1 Å². The van der Waals surface area contributed by atoms with Crippen LogP contribution in [0.2, 0.25) is 0 Å². The molecule has 0 unspecified atom stereocenters. The predicted octanol–water partition coefficient (Wildman–Crippen LogP) is 3.05. The molecule has 0 saturated heterocycles. The molecule has 0 aliphatic carbocycles. The fraction of sp³-hybridized carbons (Fsp3) is 0.250. The molecular weight excluding hydrogens is 344 g/mol. The lowest BCUT2D eigenvalue weighted by atomic mass is 10.0. The first-order valence-corrected chi connectivity index (χ1v) is 8.87. The van der Waals surface area contributed by atoms with Crippen molar-refractivity contribution in [1.82, 2.24) is 20.2 Å². The highest BCUT2D eigenvalue weighted by Gasteiger charge is 2.13. The molecule has 0 saturated carbocycles. The van der Waals surface area contributed by atoms with Gasteiger partial charge in [-0.05, 0) is 72.4 Å². The molecule has 26 heavy (non-hydrogen) atoms. The molecule has 0 bridgehead atoms. The van der Waals surface area contributed by atoms with Crippen molar-refractivity contribution in [2.45, 2.75) is 26.9 Å². The van der Waals surface area contributed by atoms with Crippen molar-refractivity contribution in [2.75, 3.05) is 7.05 Å². The summed E-state index contributed by atoms with van der Waals surface area (Å²) in [6.45, 7) is 5.12. The summed E-state index contributed by atoms with van der Waals surface area (Å²) in [7, 11) is 1.79. The van der Waals surface area contributed by atoms with Gasteiger partial charge in [0.15, 0.2) is 5.11 Å². The van der Waals surface area contributed by atoms with Crippen molar-refractivity contribution < 1.29 is 0 Å². The van der Waals surface area contributed by atoms with E-state index in [-0.39, 0.29) is 5.56 Å². The highest BCUT2D eigenvalue weighted by Crippen LogP contribution is 2.18. The van der Waals surface area contributed by atoms with Crippen LogP contribution >= 0.6 is 12.2 Å². The maximum absolute atomic E-state index is 12.6. The van der Waals surface area contributed by atoms with E-state index in [4.69, 9.17) is 12.2 Å². The first kappa shape index (κ1) is 18.1. The molecule has 2 aromatic heterocycles. The van der Waals surface area contributed by atoms with E-state index in [1.54, 1.807) is 13.2 Å². The second-order valence-corrected chi connectivity index (χ2v) is 6.81. The number of nitrogens with zero attached hydrogens (tertiary/aromatic N) is 2. The van der Waals surface area contributed by atoms with Crippen LogP contribution in [0.5, 0.6) is 0 Å². The Morgan fingerprint density at radius 3 is 2.69 bits per heavy atom. The Morgan fingerprint density at radius 1 is 1.23 bits per heavy atom. The molecule has 3 aromatic rings. The number of H-pyrrole nitrogens is 1. The number of fused-ring (bicyclic) bond motifs is 1. The summed E-state index contributed by atoms with van der Waals surface area (Å²) in [5.41, 5.74) is 4.85. The second-order valence-electron chi connectivity index (χ2n) is 6.42. The van der Waals surface area contributed by atoms with Crippen molar-refractivity contribution in [1.29, 1.82) is 0 Å². The van der Waals surface area contributed by atoms with Crippen LogP contribution < -0.4 is 10.9 Å². The van der Waals surface area contributed by atoms with Crippen LogP contribution in [-0.2, 0) is 13.1 Å². The minimum Gasteiger partial charge on any atom is -0.366 e. The van der Waals surface area contributed by atoms with Gasteiger partial charge in [-0.25, -0.2) is 0 Å². The van der Waals surface area contributed by atoms with Gasteiger partial charge in [0.05, 0.1) is 6.54 Å². The lowest BCUT2D eigenvalue weighted by molar-refractivity contribution is 0.400. The molecule has 6 heteroatoms. The quantitative estimate of drug-likeness (QED) is 0.695. The van der Waals surface area contributed by atoms with Gasteiger partial charge in [-0.3, -0.25) is 9.78 Å². The number of aryl methyl sites for hydroxylation is 2. The van der Waals surface area contributed by atoms with E-state index >= 15 is 0 Å². The van der Waals surface area contributed by atoms with Crippen molar-refractivity contribution in [3.05, 3.63) is 75.3 Å². The Hall–Kier alpha value is -2.73. The molecule has 0 fully saturated rings. The summed E-state index contributed by atoms with van der Waals surface area (Å²) in [5.74, 6) is 0. The van der Waals surface area contributed by atoms with Gasteiger partial charge in [-0.1, -0.05) is 6.07 Å². The van der Waals surface area contributed by atoms with Crippen LogP contribution in [0, 0.1) is 13.8 Å². The molecule has 0 aliphatic rings. The highest BCUT2D eigenvalue weighted by molar-refractivity contribution is 7.80. The maximum atomic E-state index is 12.6. The number of pyridine rings is 2. The third kappa shape index (κ3) is 3.91. The second kappa shape index (κ2) is 7.66. The number of benzene rings is 1. The van der Waals surface area contributed by atoms with Gasteiger partial charge < -0.3 is 15.2 Å². The molecule has 0 aliphatic heterocycles. The SMILES string of the molecule is CNC(=S)N(Cc1cccnc1)Cc1cc2cc(C)c(C)cc2[nH]c1=O. The Kier molecular flexibility index (Phi) is 5.32. The van der Waals surface area contributed by atoms with Gasteiger partial charge in [-0.2, -0.15) is 0 Å². The van der Waals surface area contributed by atoms with Gasteiger partial charge >= 0.3 is 0 Å². The fourth-order valence-electron chi connectivity index (χ4n) is 2.91. The normalized spacial score (nSPS) is 10.7. The number of hydrogen-bond donors (Lipinski definition) is 2.